The number of carbonyl (C=O) groups is 1. The number of hydrogen-bond acceptors (Lipinski definition) is 2. The first-order chi connectivity index (χ1) is 11.6. The molecule has 24 heavy (non-hydrogen) atoms. The van der Waals surface area contributed by atoms with E-state index in [1.165, 1.54) is 29.7 Å². The molecule has 4 nitrogen and oxygen atoms in total. The van der Waals surface area contributed by atoms with Crippen molar-refractivity contribution in [3.8, 4) is 5.69 Å². The fraction of sp³-hybridized carbons (Fsp3) is 0.444. The molecular formula is C18H21ClFN3O. The van der Waals surface area contributed by atoms with Crippen LogP contribution in [0.5, 0.6) is 0 Å². The summed E-state index contributed by atoms with van der Waals surface area (Å²) in [7, 11) is 0. The lowest BCUT2D eigenvalue weighted by molar-refractivity contribution is 0.0933. The van der Waals surface area contributed by atoms with Crippen molar-refractivity contribution in [2.24, 2.45) is 0 Å². The zero-order valence-electron chi connectivity index (χ0n) is 13.7. The fourth-order valence-electron chi connectivity index (χ4n) is 3.19. The average Bonchev–Trinajstić information content (AvgIpc) is 2.73. The molecule has 1 N–H and O–H groups in total. The molecule has 2 aromatic rings. The third-order valence-electron chi connectivity index (χ3n) is 4.49. The van der Waals surface area contributed by atoms with Crippen molar-refractivity contribution in [1.82, 2.24) is 15.1 Å². The molecule has 0 atom stereocenters. The number of nitrogens with zero attached hydrogens (tertiary/aromatic N) is 2. The molecule has 1 aromatic carbocycles. The Morgan fingerprint density at radius 3 is 2.46 bits per heavy atom. The highest BCUT2D eigenvalue weighted by Gasteiger charge is 2.23. The maximum Gasteiger partial charge on any atom is 0.256 e. The van der Waals surface area contributed by atoms with Crippen molar-refractivity contribution in [3.63, 3.8) is 0 Å². The average molecular weight is 350 g/mol. The van der Waals surface area contributed by atoms with E-state index < -0.39 is 0 Å². The summed E-state index contributed by atoms with van der Waals surface area (Å²) in [6.45, 7) is 1.76. The summed E-state index contributed by atoms with van der Waals surface area (Å²) in [4.78, 5) is 12.7. The zero-order chi connectivity index (χ0) is 17.1. The van der Waals surface area contributed by atoms with Gasteiger partial charge in [0.15, 0.2) is 0 Å². The quantitative estimate of drug-likeness (QED) is 0.833. The predicted octanol–water partition coefficient (Wildman–Crippen LogP) is 4.43. The summed E-state index contributed by atoms with van der Waals surface area (Å²) in [5.41, 5.74) is 1.58. The van der Waals surface area contributed by atoms with E-state index in [0.29, 0.717) is 16.9 Å². The third-order valence-corrected chi connectivity index (χ3v) is 4.84. The van der Waals surface area contributed by atoms with E-state index in [-0.39, 0.29) is 22.9 Å². The third kappa shape index (κ3) is 3.61. The lowest BCUT2D eigenvalue weighted by Crippen LogP contribution is -2.34. The van der Waals surface area contributed by atoms with Crippen LogP contribution in [0.1, 0.15) is 54.6 Å². The van der Waals surface area contributed by atoms with Gasteiger partial charge in [0.2, 0.25) is 0 Å². The first-order valence-corrected chi connectivity index (χ1v) is 8.76. The molecule has 6 heteroatoms. The second-order valence-electron chi connectivity index (χ2n) is 6.30. The molecule has 0 bridgehead atoms. The number of aromatic nitrogens is 2. The van der Waals surface area contributed by atoms with Gasteiger partial charge in [0.25, 0.3) is 5.91 Å². The Morgan fingerprint density at radius 1 is 1.21 bits per heavy atom. The monoisotopic (exact) mass is 349 g/mol. The molecule has 0 radical (unpaired) electrons. The number of halogens is 2. The highest BCUT2D eigenvalue weighted by atomic mass is 35.5. The van der Waals surface area contributed by atoms with Gasteiger partial charge in [-0.25, -0.2) is 9.07 Å². The van der Waals surface area contributed by atoms with E-state index in [1.807, 2.05) is 0 Å². The van der Waals surface area contributed by atoms with Gasteiger partial charge in [-0.1, -0.05) is 37.3 Å². The molecule has 1 saturated carbocycles. The Hall–Kier alpha value is -1.88. The van der Waals surface area contributed by atoms with Crippen LogP contribution in [0.3, 0.4) is 0 Å². The van der Waals surface area contributed by atoms with Gasteiger partial charge < -0.3 is 5.32 Å². The second kappa shape index (κ2) is 7.34. The van der Waals surface area contributed by atoms with Gasteiger partial charge in [0, 0.05) is 6.04 Å². The van der Waals surface area contributed by atoms with Gasteiger partial charge in [0.05, 0.1) is 16.9 Å². The number of amides is 1. The van der Waals surface area contributed by atoms with Gasteiger partial charge in [-0.15, -0.1) is 0 Å². The topological polar surface area (TPSA) is 46.9 Å². The Kier molecular flexibility index (Phi) is 5.19. The summed E-state index contributed by atoms with van der Waals surface area (Å²) >= 11 is 6.39. The van der Waals surface area contributed by atoms with E-state index in [1.54, 1.807) is 19.1 Å². The number of carbonyl (C=O) groups excluding carboxylic acids is 1. The Bertz CT molecular complexity index is 719. The lowest BCUT2D eigenvalue weighted by atomic mass is 10.1. The maximum absolute atomic E-state index is 13.1. The summed E-state index contributed by atoms with van der Waals surface area (Å²) in [6, 6.07) is 6.05. The highest BCUT2D eigenvalue weighted by Crippen LogP contribution is 2.25. The van der Waals surface area contributed by atoms with Crippen LogP contribution in [0.15, 0.2) is 24.3 Å². The Balaban J connectivity index is 1.82. The molecule has 1 amide bonds. The lowest BCUT2D eigenvalue weighted by Gasteiger charge is -2.16. The fourth-order valence-corrected chi connectivity index (χ4v) is 3.55. The summed E-state index contributed by atoms with van der Waals surface area (Å²) in [5.74, 6) is -0.511. The molecule has 0 aliphatic heterocycles. The standard InChI is InChI=1S/C18H21ClFN3O/c1-12-16(18(24)21-14-6-4-2-3-5-7-14)17(19)23(22-12)15-10-8-13(20)9-11-15/h8-11,14H,2-7H2,1H3,(H,21,24). The molecule has 1 fully saturated rings. The van der Waals surface area contributed by atoms with Crippen molar-refractivity contribution >= 4 is 17.5 Å². The van der Waals surface area contributed by atoms with Crippen molar-refractivity contribution < 1.29 is 9.18 Å². The maximum atomic E-state index is 13.1. The largest absolute Gasteiger partial charge is 0.349 e. The second-order valence-corrected chi connectivity index (χ2v) is 6.66. The van der Waals surface area contributed by atoms with Crippen molar-refractivity contribution in [2.75, 3.05) is 0 Å². The Labute approximate surface area is 146 Å². The SMILES string of the molecule is Cc1nn(-c2ccc(F)cc2)c(Cl)c1C(=O)NC1CCCCCC1. The van der Waals surface area contributed by atoms with Gasteiger partial charge in [-0.2, -0.15) is 5.10 Å². The molecule has 0 saturated heterocycles. The first kappa shape index (κ1) is 17.0. The van der Waals surface area contributed by atoms with Crippen molar-refractivity contribution in [3.05, 3.63) is 46.5 Å². The summed E-state index contributed by atoms with van der Waals surface area (Å²) in [5, 5.41) is 7.69. The summed E-state index contributed by atoms with van der Waals surface area (Å²) < 4.78 is 14.6. The van der Waals surface area contributed by atoms with Crippen LogP contribution in [0.2, 0.25) is 5.15 Å². The molecule has 0 unspecified atom stereocenters. The normalized spacial score (nSPS) is 16.0. The number of rotatable bonds is 3. The highest BCUT2D eigenvalue weighted by molar-refractivity contribution is 6.33. The smallest absolute Gasteiger partial charge is 0.256 e. The molecule has 1 aliphatic rings. The van der Waals surface area contributed by atoms with Gasteiger partial charge >= 0.3 is 0 Å². The minimum Gasteiger partial charge on any atom is -0.349 e. The van der Waals surface area contributed by atoms with Crippen LogP contribution in [-0.2, 0) is 0 Å². The zero-order valence-corrected chi connectivity index (χ0v) is 14.4. The van der Waals surface area contributed by atoms with Crippen LogP contribution in [0.4, 0.5) is 4.39 Å². The first-order valence-electron chi connectivity index (χ1n) is 8.38. The van der Waals surface area contributed by atoms with Crippen LogP contribution >= 0.6 is 11.6 Å². The van der Waals surface area contributed by atoms with Gasteiger partial charge in [0.1, 0.15) is 11.0 Å². The Morgan fingerprint density at radius 2 is 1.83 bits per heavy atom. The van der Waals surface area contributed by atoms with E-state index >= 15 is 0 Å². The van der Waals surface area contributed by atoms with Crippen LogP contribution in [0.25, 0.3) is 5.69 Å². The van der Waals surface area contributed by atoms with Crippen molar-refractivity contribution in [2.45, 2.75) is 51.5 Å². The number of nitrogens with one attached hydrogen (secondary N) is 1. The van der Waals surface area contributed by atoms with E-state index in [0.717, 1.165) is 25.7 Å². The molecule has 0 spiro atoms. The van der Waals surface area contributed by atoms with Crippen LogP contribution in [0, 0.1) is 12.7 Å². The molecule has 1 heterocycles. The molecule has 1 aliphatic carbocycles. The molecule has 128 valence electrons. The number of benzene rings is 1. The van der Waals surface area contributed by atoms with E-state index in [2.05, 4.69) is 10.4 Å². The molecular weight excluding hydrogens is 329 g/mol. The van der Waals surface area contributed by atoms with Crippen molar-refractivity contribution in [1.29, 1.82) is 0 Å². The van der Waals surface area contributed by atoms with Crippen LogP contribution in [-0.4, -0.2) is 21.7 Å². The molecule has 3 rings (SSSR count). The molecule has 1 aromatic heterocycles. The minimum absolute atomic E-state index is 0.183. The summed E-state index contributed by atoms with van der Waals surface area (Å²) in [6.07, 6.45) is 6.77. The predicted molar refractivity (Wildman–Crippen MR) is 92.2 cm³/mol. The van der Waals surface area contributed by atoms with E-state index in [9.17, 15) is 9.18 Å². The number of hydrogen-bond donors (Lipinski definition) is 1. The minimum atomic E-state index is -0.329. The van der Waals surface area contributed by atoms with Crippen LogP contribution < -0.4 is 5.32 Å². The van der Waals surface area contributed by atoms with Gasteiger partial charge in [-0.3, -0.25) is 4.79 Å². The van der Waals surface area contributed by atoms with Gasteiger partial charge in [-0.05, 0) is 44.0 Å². The number of aryl methyl sites for hydroxylation is 1. The van der Waals surface area contributed by atoms with E-state index in [4.69, 9.17) is 11.6 Å².